The third-order valence-corrected chi connectivity index (χ3v) is 5.18. The van der Waals surface area contributed by atoms with E-state index in [9.17, 15) is 4.79 Å². The number of para-hydroxylation sites is 1. The molecule has 2 aromatic carbocycles. The lowest BCUT2D eigenvalue weighted by Gasteiger charge is -2.07. The number of rotatable bonds is 3. The summed E-state index contributed by atoms with van der Waals surface area (Å²) in [5, 5.41) is 8.10. The lowest BCUT2D eigenvalue weighted by Crippen LogP contribution is -2.15. The molecule has 0 spiro atoms. The summed E-state index contributed by atoms with van der Waals surface area (Å²) in [6.07, 6.45) is 0. The summed E-state index contributed by atoms with van der Waals surface area (Å²) >= 11 is 1.52. The highest BCUT2D eigenvalue weighted by atomic mass is 32.1. The molecule has 0 fully saturated rings. The summed E-state index contributed by atoms with van der Waals surface area (Å²) in [5.74, 6) is 1.52. The summed E-state index contributed by atoms with van der Waals surface area (Å²) in [7, 11) is 0. The van der Waals surface area contributed by atoms with E-state index < -0.39 is 0 Å². The van der Waals surface area contributed by atoms with Gasteiger partial charge in [-0.15, -0.1) is 0 Å². The Bertz CT molecular complexity index is 1150. The van der Waals surface area contributed by atoms with Crippen LogP contribution in [0, 0.1) is 6.92 Å². The molecular weight excluding hydrogens is 364 g/mol. The number of carbonyl (C=O) groups is 1. The summed E-state index contributed by atoms with van der Waals surface area (Å²) in [5.41, 5.74) is 2.17. The Morgan fingerprint density at radius 1 is 1.15 bits per heavy atom. The topological polar surface area (TPSA) is 78.3 Å². The number of amides is 1. The van der Waals surface area contributed by atoms with Crippen LogP contribution in [-0.2, 0) is 0 Å². The molecule has 0 radical (unpaired) electrons. The lowest BCUT2D eigenvalue weighted by molar-refractivity contribution is 0.102. The fraction of sp³-hybridized carbons (Fsp3) is 0.105. The Balaban J connectivity index is 1.48. The van der Waals surface area contributed by atoms with Crippen molar-refractivity contribution in [2.45, 2.75) is 6.92 Å². The fourth-order valence-corrected chi connectivity index (χ4v) is 3.84. The predicted octanol–water partition coefficient (Wildman–Crippen LogP) is 3.77. The van der Waals surface area contributed by atoms with E-state index >= 15 is 0 Å². The second-order valence-electron chi connectivity index (χ2n) is 6.07. The largest absolute Gasteiger partial charge is 0.454 e. The van der Waals surface area contributed by atoms with Crippen LogP contribution in [0.5, 0.6) is 11.5 Å². The number of thiazole rings is 1. The van der Waals surface area contributed by atoms with Crippen LogP contribution in [-0.4, -0.2) is 27.5 Å². The summed E-state index contributed by atoms with van der Waals surface area (Å²) in [6.45, 7) is 2.05. The highest BCUT2D eigenvalue weighted by Gasteiger charge is 2.19. The molecule has 0 saturated carbocycles. The van der Waals surface area contributed by atoms with Gasteiger partial charge in [-0.2, -0.15) is 9.78 Å². The van der Waals surface area contributed by atoms with Gasteiger partial charge >= 0.3 is 0 Å². The van der Waals surface area contributed by atoms with Crippen LogP contribution in [0.3, 0.4) is 0 Å². The van der Waals surface area contributed by atoms with Gasteiger partial charge in [0.15, 0.2) is 11.5 Å². The van der Waals surface area contributed by atoms with Crippen LogP contribution >= 0.6 is 11.3 Å². The molecule has 1 amide bonds. The minimum absolute atomic E-state index is 0.171. The van der Waals surface area contributed by atoms with Gasteiger partial charge in [0.25, 0.3) is 5.91 Å². The molecule has 1 N–H and O–H groups in total. The second-order valence-corrected chi connectivity index (χ2v) is 7.08. The van der Waals surface area contributed by atoms with Crippen LogP contribution in [0.2, 0.25) is 0 Å². The highest BCUT2D eigenvalue weighted by molar-refractivity contribution is 7.20. The third-order valence-electron chi connectivity index (χ3n) is 4.17. The van der Waals surface area contributed by atoms with Gasteiger partial charge in [-0.25, -0.2) is 4.98 Å². The maximum atomic E-state index is 12.7. The summed E-state index contributed by atoms with van der Waals surface area (Å²) in [6, 6.07) is 14.8. The van der Waals surface area contributed by atoms with Gasteiger partial charge in [0.05, 0.1) is 15.9 Å². The van der Waals surface area contributed by atoms with Crippen molar-refractivity contribution in [1.29, 1.82) is 0 Å². The Hall–Kier alpha value is -3.39. The minimum Gasteiger partial charge on any atom is -0.454 e. The zero-order valence-corrected chi connectivity index (χ0v) is 15.1. The van der Waals surface area contributed by atoms with Crippen molar-refractivity contribution in [3.05, 3.63) is 59.8 Å². The smallest absolute Gasteiger partial charge is 0.256 e. The van der Waals surface area contributed by atoms with E-state index in [1.807, 2.05) is 37.3 Å². The molecule has 5 rings (SSSR count). The fourth-order valence-electron chi connectivity index (χ4n) is 2.91. The highest BCUT2D eigenvalue weighted by Crippen LogP contribution is 2.33. The number of anilines is 1. The molecule has 1 aliphatic heterocycles. The third kappa shape index (κ3) is 2.80. The van der Waals surface area contributed by atoms with Crippen LogP contribution in [0.25, 0.3) is 15.3 Å². The first-order chi connectivity index (χ1) is 13.2. The molecule has 0 bridgehead atoms. The molecule has 4 aromatic rings. The average molecular weight is 378 g/mol. The lowest BCUT2D eigenvalue weighted by atomic mass is 10.2. The summed E-state index contributed by atoms with van der Waals surface area (Å²) in [4.78, 5) is 17.3. The number of ether oxygens (including phenoxy) is 2. The van der Waals surface area contributed by atoms with Crippen molar-refractivity contribution >= 4 is 33.3 Å². The first kappa shape index (κ1) is 15.8. The zero-order valence-electron chi connectivity index (χ0n) is 14.3. The number of nitrogens with zero attached hydrogens (tertiary/aromatic N) is 3. The van der Waals surface area contributed by atoms with Crippen molar-refractivity contribution in [2.24, 2.45) is 0 Å². The molecule has 27 heavy (non-hydrogen) atoms. The maximum Gasteiger partial charge on any atom is 0.256 e. The van der Waals surface area contributed by atoms with E-state index in [4.69, 9.17) is 9.47 Å². The van der Waals surface area contributed by atoms with E-state index in [0.717, 1.165) is 15.9 Å². The van der Waals surface area contributed by atoms with Crippen LogP contribution in [0.4, 0.5) is 5.82 Å². The molecule has 3 heterocycles. The van der Waals surface area contributed by atoms with Crippen LogP contribution in [0.15, 0.2) is 48.5 Å². The van der Waals surface area contributed by atoms with Crippen molar-refractivity contribution < 1.29 is 14.3 Å². The Kier molecular flexibility index (Phi) is 3.58. The molecule has 8 heteroatoms. The monoisotopic (exact) mass is 378 g/mol. The number of carbonyl (C=O) groups excluding carboxylic acids is 1. The van der Waals surface area contributed by atoms with Crippen molar-refractivity contribution in [3.8, 4) is 16.6 Å². The van der Waals surface area contributed by atoms with Crippen molar-refractivity contribution in [3.63, 3.8) is 0 Å². The van der Waals surface area contributed by atoms with E-state index in [2.05, 4.69) is 15.4 Å². The Morgan fingerprint density at radius 3 is 2.89 bits per heavy atom. The number of benzene rings is 2. The minimum atomic E-state index is -0.254. The first-order valence-corrected chi connectivity index (χ1v) is 9.13. The Labute approximate surface area is 158 Å². The quantitative estimate of drug-likeness (QED) is 0.587. The van der Waals surface area contributed by atoms with Crippen LogP contribution in [0.1, 0.15) is 16.1 Å². The van der Waals surface area contributed by atoms with Gasteiger partial charge in [0.2, 0.25) is 11.9 Å². The normalized spacial score (nSPS) is 12.5. The van der Waals surface area contributed by atoms with Crippen LogP contribution < -0.4 is 14.8 Å². The standard InChI is InChI=1S/C19H14N4O3S/c1-11-8-17(21-18(24)12-6-7-14-15(9-12)26-10-25-14)23(22-11)19-20-13-4-2-3-5-16(13)27-19/h2-9H,10H2,1H3,(H,21,24). The number of fused-ring (bicyclic) bond motifs is 2. The number of aromatic nitrogens is 3. The van der Waals surface area contributed by atoms with E-state index in [1.54, 1.807) is 22.9 Å². The molecule has 0 aliphatic carbocycles. The number of nitrogens with one attached hydrogen (secondary N) is 1. The molecule has 134 valence electrons. The van der Waals surface area contributed by atoms with Gasteiger partial charge in [-0.1, -0.05) is 23.5 Å². The molecule has 0 atom stereocenters. The number of hydrogen-bond donors (Lipinski definition) is 1. The van der Waals surface area contributed by atoms with Gasteiger partial charge in [0.1, 0.15) is 5.82 Å². The van der Waals surface area contributed by atoms with Gasteiger partial charge in [0, 0.05) is 11.6 Å². The zero-order chi connectivity index (χ0) is 18.4. The molecule has 0 saturated heterocycles. The van der Waals surface area contributed by atoms with Crippen molar-refractivity contribution in [1.82, 2.24) is 14.8 Å². The summed E-state index contributed by atoms with van der Waals surface area (Å²) < 4.78 is 13.3. The maximum absolute atomic E-state index is 12.7. The number of hydrogen-bond acceptors (Lipinski definition) is 6. The first-order valence-electron chi connectivity index (χ1n) is 8.31. The van der Waals surface area contributed by atoms with Gasteiger partial charge in [-0.3, -0.25) is 4.79 Å². The molecular formula is C19H14N4O3S. The molecule has 2 aromatic heterocycles. The van der Waals surface area contributed by atoms with E-state index in [1.165, 1.54) is 11.3 Å². The predicted molar refractivity (Wildman–Crippen MR) is 102 cm³/mol. The van der Waals surface area contributed by atoms with E-state index in [0.29, 0.717) is 28.0 Å². The number of aryl methyl sites for hydroxylation is 1. The average Bonchev–Trinajstić information content (AvgIpc) is 3.38. The SMILES string of the molecule is Cc1cc(NC(=O)c2ccc3c(c2)OCO3)n(-c2nc3ccccc3s2)n1. The Morgan fingerprint density at radius 2 is 2.00 bits per heavy atom. The van der Waals surface area contributed by atoms with Crippen molar-refractivity contribution in [2.75, 3.05) is 12.1 Å². The van der Waals surface area contributed by atoms with E-state index in [-0.39, 0.29) is 12.7 Å². The van der Waals surface area contributed by atoms with Gasteiger partial charge < -0.3 is 14.8 Å². The molecule has 7 nitrogen and oxygen atoms in total. The molecule has 0 unspecified atom stereocenters. The second kappa shape index (κ2) is 6.10. The molecule has 1 aliphatic rings. The van der Waals surface area contributed by atoms with Gasteiger partial charge in [-0.05, 0) is 37.3 Å².